The lowest BCUT2D eigenvalue weighted by Gasteiger charge is -2.39. The third kappa shape index (κ3) is 2.83. The number of fused-ring (bicyclic) bond motifs is 3. The first kappa shape index (κ1) is 15.9. The molecule has 0 bridgehead atoms. The number of nitrogens with zero attached hydrogens (tertiary/aromatic N) is 4. The van der Waals surface area contributed by atoms with Gasteiger partial charge in [0, 0.05) is 18.3 Å². The van der Waals surface area contributed by atoms with Crippen molar-refractivity contribution in [2.24, 2.45) is 0 Å². The molecule has 2 aliphatic heterocycles. The van der Waals surface area contributed by atoms with E-state index in [0.29, 0.717) is 42.8 Å². The molecule has 1 unspecified atom stereocenters. The molecular weight excluding hydrogens is 322 g/mol. The van der Waals surface area contributed by atoms with E-state index in [4.69, 9.17) is 4.74 Å². The van der Waals surface area contributed by atoms with E-state index in [9.17, 15) is 9.90 Å². The summed E-state index contributed by atoms with van der Waals surface area (Å²) < 4.78 is 5.40. The van der Waals surface area contributed by atoms with Crippen molar-refractivity contribution in [1.82, 2.24) is 15.0 Å². The van der Waals surface area contributed by atoms with Crippen LogP contribution in [0.5, 0.6) is 0 Å². The normalized spacial score (nSPS) is 19.9. The lowest BCUT2D eigenvalue weighted by Crippen LogP contribution is -2.55. The maximum absolute atomic E-state index is 12.1. The first-order valence-electron chi connectivity index (χ1n) is 8.15. The molecule has 2 aliphatic rings. The zero-order valence-electron chi connectivity index (χ0n) is 14.1. The highest BCUT2D eigenvalue weighted by molar-refractivity contribution is 6.02. The number of hydrogen-bond acceptors (Lipinski definition) is 7. The molecule has 1 atom stereocenters. The Labute approximate surface area is 144 Å². The van der Waals surface area contributed by atoms with Crippen molar-refractivity contribution in [1.29, 1.82) is 0 Å². The third-order valence-electron chi connectivity index (χ3n) is 4.38. The van der Waals surface area contributed by atoms with Crippen LogP contribution < -0.4 is 10.2 Å². The number of pyridine rings is 1. The van der Waals surface area contributed by atoms with Crippen LogP contribution in [0, 0.1) is 0 Å². The van der Waals surface area contributed by atoms with Gasteiger partial charge in [-0.1, -0.05) is 0 Å². The van der Waals surface area contributed by atoms with Crippen LogP contribution >= 0.6 is 0 Å². The van der Waals surface area contributed by atoms with E-state index in [1.54, 1.807) is 32.3 Å². The molecule has 0 aromatic carbocycles. The standard InChI is InChI=1S/C17H19N5O3/c1-17(2,24)13-4-3-10(7-18-13)11-8-19-14-15(20-11)22-5-6-25-9-12(22)16(23)21-14/h3-4,7-8,12,24H,5-6,9H2,1-2H3,(H,19,21,23). The van der Waals surface area contributed by atoms with Crippen molar-refractivity contribution in [2.75, 3.05) is 30.0 Å². The predicted octanol–water partition coefficient (Wildman–Crippen LogP) is 0.923. The molecule has 25 heavy (non-hydrogen) atoms. The van der Waals surface area contributed by atoms with Crippen LogP contribution in [0.2, 0.25) is 0 Å². The second-order valence-corrected chi connectivity index (χ2v) is 6.69. The Kier molecular flexibility index (Phi) is 3.66. The number of aliphatic hydroxyl groups is 1. The minimum absolute atomic E-state index is 0.120. The summed E-state index contributed by atoms with van der Waals surface area (Å²) in [7, 11) is 0. The topological polar surface area (TPSA) is 100 Å². The Morgan fingerprint density at radius 3 is 2.88 bits per heavy atom. The van der Waals surface area contributed by atoms with E-state index in [1.165, 1.54) is 0 Å². The molecule has 0 spiro atoms. The van der Waals surface area contributed by atoms with Crippen LogP contribution in [-0.2, 0) is 15.1 Å². The maximum Gasteiger partial charge on any atom is 0.250 e. The van der Waals surface area contributed by atoms with Crippen LogP contribution in [0.3, 0.4) is 0 Å². The molecule has 0 aliphatic carbocycles. The molecule has 2 N–H and O–H groups in total. The average Bonchev–Trinajstić information content (AvgIpc) is 2.61. The second kappa shape index (κ2) is 5.75. The largest absolute Gasteiger partial charge is 0.384 e. The van der Waals surface area contributed by atoms with Gasteiger partial charge >= 0.3 is 0 Å². The number of hydrogen-bond donors (Lipinski definition) is 2. The summed E-state index contributed by atoms with van der Waals surface area (Å²) >= 11 is 0. The molecule has 0 radical (unpaired) electrons. The fourth-order valence-electron chi connectivity index (χ4n) is 2.99. The SMILES string of the molecule is CC(C)(O)c1ccc(-c2cnc3c(n2)N2CCOCC2C(=O)N3)cn1. The van der Waals surface area contributed by atoms with Gasteiger partial charge in [-0.15, -0.1) is 0 Å². The Balaban J connectivity index is 1.70. The van der Waals surface area contributed by atoms with Crippen molar-refractivity contribution in [3.63, 3.8) is 0 Å². The molecule has 0 saturated carbocycles. The highest BCUT2D eigenvalue weighted by atomic mass is 16.5. The molecule has 1 amide bonds. The van der Waals surface area contributed by atoms with Gasteiger partial charge in [0.1, 0.15) is 11.6 Å². The van der Waals surface area contributed by atoms with Gasteiger partial charge in [0.25, 0.3) is 5.91 Å². The smallest absolute Gasteiger partial charge is 0.250 e. The minimum Gasteiger partial charge on any atom is -0.384 e. The molecule has 1 fully saturated rings. The number of carbonyl (C=O) groups is 1. The Morgan fingerprint density at radius 2 is 2.16 bits per heavy atom. The molecule has 4 heterocycles. The van der Waals surface area contributed by atoms with E-state index in [0.717, 1.165) is 5.56 Å². The number of anilines is 2. The van der Waals surface area contributed by atoms with Crippen molar-refractivity contribution in [3.05, 3.63) is 30.2 Å². The van der Waals surface area contributed by atoms with Gasteiger partial charge in [-0.25, -0.2) is 9.97 Å². The highest BCUT2D eigenvalue weighted by Crippen LogP contribution is 2.32. The van der Waals surface area contributed by atoms with E-state index in [-0.39, 0.29) is 11.9 Å². The van der Waals surface area contributed by atoms with Crippen molar-refractivity contribution < 1.29 is 14.6 Å². The van der Waals surface area contributed by atoms with E-state index in [2.05, 4.69) is 20.3 Å². The Morgan fingerprint density at radius 1 is 1.32 bits per heavy atom. The molecule has 4 rings (SSSR count). The number of morpholine rings is 1. The summed E-state index contributed by atoms with van der Waals surface area (Å²) in [6.45, 7) is 4.87. The summed E-state index contributed by atoms with van der Waals surface area (Å²) in [5.74, 6) is 0.996. The van der Waals surface area contributed by atoms with Gasteiger partial charge in [0.2, 0.25) is 0 Å². The Hall–Kier alpha value is -2.58. The first-order chi connectivity index (χ1) is 11.9. The molecule has 1 saturated heterocycles. The minimum atomic E-state index is -0.995. The zero-order valence-corrected chi connectivity index (χ0v) is 14.1. The molecular formula is C17H19N5O3. The van der Waals surface area contributed by atoms with Crippen molar-refractivity contribution in [3.8, 4) is 11.3 Å². The lowest BCUT2D eigenvalue weighted by molar-refractivity contribution is -0.120. The molecule has 130 valence electrons. The summed E-state index contributed by atoms with van der Waals surface area (Å²) in [5, 5.41) is 12.8. The number of rotatable bonds is 2. The van der Waals surface area contributed by atoms with Gasteiger partial charge < -0.3 is 20.1 Å². The average molecular weight is 341 g/mol. The molecule has 2 aromatic rings. The molecule has 8 nitrogen and oxygen atoms in total. The summed E-state index contributed by atoms with van der Waals surface area (Å²) in [6.07, 6.45) is 3.28. The number of carbonyl (C=O) groups excluding carboxylic acids is 1. The van der Waals surface area contributed by atoms with Crippen LogP contribution in [0.1, 0.15) is 19.5 Å². The highest BCUT2D eigenvalue weighted by Gasteiger charge is 2.37. The number of nitrogens with one attached hydrogen (secondary N) is 1. The van der Waals surface area contributed by atoms with Gasteiger partial charge in [-0.05, 0) is 26.0 Å². The monoisotopic (exact) mass is 341 g/mol. The van der Waals surface area contributed by atoms with Crippen LogP contribution in [0.4, 0.5) is 11.6 Å². The van der Waals surface area contributed by atoms with Crippen molar-refractivity contribution >= 4 is 17.5 Å². The fraction of sp³-hybridized carbons (Fsp3) is 0.412. The fourth-order valence-corrected chi connectivity index (χ4v) is 2.99. The summed E-state index contributed by atoms with van der Waals surface area (Å²) in [5.41, 5.74) is 1.05. The summed E-state index contributed by atoms with van der Waals surface area (Å²) in [6, 6.07) is 3.26. The lowest BCUT2D eigenvalue weighted by atomic mass is 10.0. The number of ether oxygens (including phenoxy) is 1. The number of amides is 1. The first-order valence-corrected chi connectivity index (χ1v) is 8.15. The van der Waals surface area contributed by atoms with Gasteiger partial charge in [0.05, 0.1) is 30.8 Å². The predicted molar refractivity (Wildman–Crippen MR) is 91.1 cm³/mol. The van der Waals surface area contributed by atoms with Crippen LogP contribution in [0.15, 0.2) is 24.5 Å². The second-order valence-electron chi connectivity index (χ2n) is 6.69. The zero-order chi connectivity index (χ0) is 17.6. The maximum atomic E-state index is 12.1. The quantitative estimate of drug-likeness (QED) is 0.838. The van der Waals surface area contributed by atoms with E-state index >= 15 is 0 Å². The molecule has 2 aromatic heterocycles. The van der Waals surface area contributed by atoms with Crippen molar-refractivity contribution in [2.45, 2.75) is 25.5 Å². The molecule has 8 heteroatoms. The third-order valence-corrected chi connectivity index (χ3v) is 4.38. The van der Waals surface area contributed by atoms with E-state index in [1.807, 2.05) is 11.0 Å². The Bertz CT molecular complexity index is 816. The van der Waals surface area contributed by atoms with Crippen LogP contribution in [0.25, 0.3) is 11.3 Å². The number of aromatic nitrogens is 3. The van der Waals surface area contributed by atoms with E-state index < -0.39 is 5.60 Å². The summed E-state index contributed by atoms with van der Waals surface area (Å²) in [4.78, 5) is 27.4. The van der Waals surface area contributed by atoms with Crippen LogP contribution in [-0.4, -0.2) is 51.8 Å². The van der Waals surface area contributed by atoms with Gasteiger partial charge in [0.15, 0.2) is 11.6 Å². The van der Waals surface area contributed by atoms with Gasteiger partial charge in [-0.2, -0.15) is 0 Å². The van der Waals surface area contributed by atoms with Gasteiger partial charge in [-0.3, -0.25) is 9.78 Å².